The first kappa shape index (κ1) is 16.9. The highest BCUT2D eigenvalue weighted by atomic mass is 16.3. The van der Waals surface area contributed by atoms with Gasteiger partial charge < -0.3 is 10.0 Å². The van der Waals surface area contributed by atoms with Gasteiger partial charge >= 0.3 is 0 Å². The smallest absolute Gasteiger partial charge is 0.236 e. The molecule has 1 N–H and O–H groups in total. The second-order valence-corrected chi connectivity index (χ2v) is 6.78. The average Bonchev–Trinajstić information content (AvgIpc) is 3.05. The number of hydrogen-bond acceptors (Lipinski definition) is 5. The van der Waals surface area contributed by atoms with Crippen molar-refractivity contribution in [2.24, 2.45) is 0 Å². The Morgan fingerprint density at radius 1 is 1.45 bits per heavy atom. The Kier molecular flexibility index (Phi) is 4.87. The first-order valence-electron chi connectivity index (χ1n) is 7.85. The Morgan fingerprint density at radius 3 is 2.68 bits per heavy atom. The number of hydrogen-bond donors (Lipinski definition) is 1. The standard InChI is InChI=1S/C15H27N5O2/c1-11(2)18(5)9-14(21)19-7-6-15(22,10-19)13-8-20(12(3)4)17-16-13/h8,11-12,22H,6-7,9-10H2,1-5H3/t15-/m0/s1. The Morgan fingerprint density at radius 2 is 2.14 bits per heavy atom. The highest BCUT2D eigenvalue weighted by Gasteiger charge is 2.42. The van der Waals surface area contributed by atoms with E-state index in [1.54, 1.807) is 15.8 Å². The summed E-state index contributed by atoms with van der Waals surface area (Å²) in [7, 11) is 1.93. The quantitative estimate of drug-likeness (QED) is 0.863. The molecule has 2 heterocycles. The summed E-state index contributed by atoms with van der Waals surface area (Å²) in [6.07, 6.45) is 2.28. The summed E-state index contributed by atoms with van der Waals surface area (Å²) in [4.78, 5) is 16.0. The number of aliphatic hydroxyl groups is 1. The van der Waals surface area contributed by atoms with Gasteiger partial charge in [-0.05, 0) is 34.7 Å². The van der Waals surface area contributed by atoms with E-state index in [0.717, 1.165) is 0 Å². The van der Waals surface area contributed by atoms with E-state index < -0.39 is 5.60 Å². The van der Waals surface area contributed by atoms with Gasteiger partial charge in [0.1, 0.15) is 11.3 Å². The van der Waals surface area contributed by atoms with Gasteiger partial charge in [0, 0.05) is 25.0 Å². The number of aromatic nitrogens is 3. The second kappa shape index (κ2) is 6.34. The number of likely N-dealkylation sites (N-methyl/N-ethyl adjacent to an activating group) is 1. The van der Waals surface area contributed by atoms with Crippen LogP contribution >= 0.6 is 0 Å². The number of carbonyl (C=O) groups excluding carboxylic acids is 1. The van der Waals surface area contributed by atoms with Crippen LogP contribution in [0.25, 0.3) is 0 Å². The molecular formula is C15H27N5O2. The van der Waals surface area contributed by atoms with E-state index in [2.05, 4.69) is 24.2 Å². The van der Waals surface area contributed by atoms with Crippen LogP contribution in [0, 0.1) is 0 Å². The third-order valence-electron chi connectivity index (χ3n) is 4.38. The zero-order valence-electron chi connectivity index (χ0n) is 14.2. The predicted molar refractivity (Wildman–Crippen MR) is 83.3 cm³/mol. The monoisotopic (exact) mass is 309 g/mol. The molecular weight excluding hydrogens is 282 g/mol. The maximum Gasteiger partial charge on any atom is 0.236 e. The van der Waals surface area contributed by atoms with Gasteiger partial charge in [0.05, 0.1) is 19.3 Å². The maximum absolute atomic E-state index is 12.3. The van der Waals surface area contributed by atoms with Crippen molar-refractivity contribution in [3.8, 4) is 0 Å². The molecule has 1 aromatic heterocycles. The van der Waals surface area contributed by atoms with Crippen molar-refractivity contribution in [3.63, 3.8) is 0 Å². The van der Waals surface area contributed by atoms with Crippen molar-refractivity contribution in [1.29, 1.82) is 0 Å². The first-order chi connectivity index (χ1) is 10.2. The molecule has 1 fully saturated rings. The SMILES string of the molecule is CC(C)N(C)CC(=O)N1CC[C@@](O)(c2cn(C(C)C)nn2)C1. The van der Waals surface area contributed by atoms with Gasteiger partial charge in [-0.1, -0.05) is 5.21 Å². The van der Waals surface area contributed by atoms with E-state index in [4.69, 9.17) is 0 Å². The molecule has 0 unspecified atom stereocenters. The van der Waals surface area contributed by atoms with Gasteiger partial charge in [-0.2, -0.15) is 0 Å². The molecule has 22 heavy (non-hydrogen) atoms. The van der Waals surface area contributed by atoms with Crippen molar-refractivity contribution in [2.45, 2.75) is 51.8 Å². The van der Waals surface area contributed by atoms with Crippen LogP contribution in [0.3, 0.4) is 0 Å². The maximum atomic E-state index is 12.3. The van der Waals surface area contributed by atoms with Crippen LogP contribution in [0.4, 0.5) is 0 Å². The Labute approximate surface area is 131 Å². The number of carbonyl (C=O) groups is 1. The molecule has 7 heteroatoms. The van der Waals surface area contributed by atoms with Crippen molar-refractivity contribution in [1.82, 2.24) is 24.8 Å². The predicted octanol–water partition coefficient (Wildman–Crippen LogP) is 0.619. The largest absolute Gasteiger partial charge is 0.381 e. The van der Waals surface area contributed by atoms with Crippen LogP contribution in [0.2, 0.25) is 0 Å². The van der Waals surface area contributed by atoms with E-state index in [-0.39, 0.29) is 18.5 Å². The molecule has 1 aliphatic rings. The molecule has 0 radical (unpaired) electrons. The fraction of sp³-hybridized carbons (Fsp3) is 0.800. The van der Waals surface area contributed by atoms with Gasteiger partial charge in [-0.15, -0.1) is 5.10 Å². The molecule has 1 aliphatic heterocycles. The average molecular weight is 309 g/mol. The number of rotatable bonds is 5. The van der Waals surface area contributed by atoms with E-state index in [9.17, 15) is 9.90 Å². The van der Waals surface area contributed by atoms with Crippen LogP contribution in [-0.2, 0) is 10.4 Å². The topological polar surface area (TPSA) is 74.5 Å². The second-order valence-electron chi connectivity index (χ2n) is 6.78. The number of amides is 1. The molecule has 0 aromatic carbocycles. The van der Waals surface area contributed by atoms with Gasteiger partial charge in [-0.3, -0.25) is 9.69 Å². The zero-order valence-corrected chi connectivity index (χ0v) is 14.2. The third-order valence-corrected chi connectivity index (χ3v) is 4.38. The number of nitrogens with zero attached hydrogens (tertiary/aromatic N) is 5. The summed E-state index contributed by atoms with van der Waals surface area (Å²) in [6.45, 7) is 9.33. The fourth-order valence-corrected chi connectivity index (χ4v) is 2.45. The first-order valence-corrected chi connectivity index (χ1v) is 7.85. The molecule has 0 saturated carbocycles. The molecule has 1 saturated heterocycles. The minimum absolute atomic E-state index is 0.0448. The Balaban J connectivity index is 2.02. The molecule has 124 valence electrons. The molecule has 1 aromatic rings. The van der Waals surface area contributed by atoms with Gasteiger partial charge in [-0.25, -0.2) is 4.68 Å². The Hall–Kier alpha value is -1.47. The zero-order chi connectivity index (χ0) is 16.5. The molecule has 1 atom stereocenters. The summed E-state index contributed by atoms with van der Waals surface area (Å²) in [5.74, 6) is 0.0448. The normalized spacial score (nSPS) is 22.3. The van der Waals surface area contributed by atoms with Gasteiger partial charge in [0.25, 0.3) is 0 Å². The highest BCUT2D eigenvalue weighted by Crippen LogP contribution is 2.30. The lowest BCUT2D eigenvalue weighted by atomic mass is 10.00. The third kappa shape index (κ3) is 3.47. The van der Waals surface area contributed by atoms with E-state index in [1.807, 2.05) is 25.8 Å². The molecule has 7 nitrogen and oxygen atoms in total. The van der Waals surface area contributed by atoms with E-state index in [1.165, 1.54) is 0 Å². The lowest BCUT2D eigenvalue weighted by molar-refractivity contribution is -0.132. The van der Waals surface area contributed by atoms with E-state index >= 15 is 0 Å². The number of β-amino-alcohol motifs (C(OH)–C–C–N with tert-alkyl or cyclic N) is 1. The highest BCUT2D eigenvalue weighted by molar-refractivity contribution is 5.78. The van der Waals surface area contributed by atoms with E-state index in [0.29, 0.717) is 31.2 Å². The summed E-state index contributed by atoms with van der Waals surface area (Å²) in [5, 5.41) is 18.9. The van der Waals surface area contributed by atoms with Crippen molar-refractivity contribution >= 4 is 5.91 Å². The van der Waals surface area contributed by atoms with Crippen LogP contribution in [0.5, 0.6) is 0 Å². The summed E-state index contributed by atoms with van der Waals surface area (Å²) >= 11 is 0. The van der Waals surface area contributed by atoms with Crippen LogP contribution in [0.1, 0.15) is 45.9 Å². The molecule has 0 spiro atoms. The lowest BCUT2D eigenvalue weighted by Gasteiger charge is -2.25. The van der Waals surface area contributed by atoms with Crippen molar-refractivity contribution < 1.29 is 9.90 Å². The molecule has 1 amide bonds. The fourth-order valence-electron chi connectivity index (χ4n) is 2.45. The van der Waals surface area contributed by atoms with Crippen LogP contribution in [0.15, 0.2) is 6.20 Å². The van der Waals surface area contributed by atoms with Crippen LogP contribution in [-0.4, -0.2) is 68.5 Å². The molecule has 0 bridgehead atoms. The van der Waals surface area contributed by atoms with Gasteiger partial charge in [0.2, 0.25) is 5.91 Å². The summed E-state index contributed by atoms with van der Waals surface area (Å²) < 4.78 is 1.73. The van der Waals surface area contributed by atoms with Crippen molar-refractivity contribution in [3.05, 3.63) is 11.9 Å². The Bertz CT molecular complexity index is 528. The molecule has 2 rings (SSSR count). The van der Waals surface area contributed by atoms with Crippen molar-refractivity contribution in [2.75, 3.05) is 26.7 Å². The lowest BCUT2D eigenvalue weighted by Crippen LogP contribution is -2.41. The minimum atomic E-state index is -1.08. The van der Waals surface area contributed by atoms with Gasteiger partial charge in [0.15, 0.2) is 0 Å². The number of likely N-dealkylation sites (tertiary alicyclic amines) is 1. The summed E-state index contributed by atoms with van der Waals surface area (Å²) in [6, 6.07) is 0.514. The summed E-state index contributed by atoms with van der Waals surface area (Å²) in [5.41, 5.74) is -0.534. The molecule has 0 aliphatic carbocycles. The van der Waals surface area contributed by atoms with Crippen LogP contribution < -0.4 is 0 Å². The minimum Gasteiger partial charge on any atom is -0.381 e.